The van der Waals surface area contributed by atoms with Gasteiger partial charge in [0.2, 0.25) is 29.5 Å². The van der Waals surface area contributed by atoms with Gasteiger partial charge in [-0.25, -0.2) is 4.79 Å². The second-order valence-corrected chi connectivity index (χ2v) is 16.3. The van der Waals surface area contributed by atoms with Gasteiger partial charge in [0.1, 0.15) is 42.0 Å². The van der Waals surface area contributed by atoms with E-state index in [0.717, 1.165) is 6.42 Å². The number of guanidine groups is 1. The van der Waals surface area contributed by atoms with Crippen LogP contribution < -0.4 is 38.5 Å². The Labute approximate surface area is 345 Å². The van der Waals surface area contributed by atoms with E-state index in [-0.39, 0.29) is 69.2 Å². The number of phenolic OH excluding ortho intramolecular Hbond substituents is 1. The highest BCUT2D eigenvalue weighted by Crippen LogP contribution is 2.23. The van der Waals surface area contributed by atoms with E-state index in [2.05, 4.69) is 36.3 Å². The number of nitrogens with two attached hydrogens (primary N) is 3. The number of carboxylic acids is 1. The van der Waals surface area contributed by atoms with E-state index >= 15 is 0 Å². The van der Waals surface area contributed by atoms with E-state index in [1.807, 2.05) is 13.8 Å². The summed E-state index contributed by atoms with van der Waals surface area (Å²) in [4.78, 5) is 89.6. The summed E-state index contributed by atoms with van der Waals surface area (Å²) in [6, 6.07) is -0.998. The number of carbonyl (C=O) groups excluding carboxylic acids is 5. The highest BCUT2D eigenvalue weighted by atomic mass is 16.4. The Kier molecular flexibility index (Phi) is 20.4. The smallest absolute Gasteiger partial charge is 0.326 e. The quantitative estimate of drug-likeness (QED) is 0.0179. The molecule has 1 heterocycles. The van der Waals surface area contributed by atoms with Crippen LogP contribution in [0, 0.1) is 11.3 Å². The van der Waals surface area contributed by atoms with Gasteiger partial charge in [-0.15, -0.1) is 0 Å². The Bertz CT molecular complexity index is 1660. The van der Waals surface area contributed by atoms with Gasteiger partial charge in [-0.2, -0.15) is 0 Å². The van der Waals surface area contributed by atoms with Gasteiger partial charge < -0.3 is 53.6 Å². The van der Waals surface area contributed by atoms with Crippen LogP contribution in [0.3, 0.4) is 0 Å². The Hall–Kier alpha value is -5.62. The molecule has 12 N–H and O–H groups in total. The standard InChI is InChI=1S/C39H64N12O8/c1-23(2)21-29(37(58)59)47-35(56)31(39(3,4)5)48-33(54)28(22-24-14-16-25(52)17-15-24)46-34(55)30-13-10-20-51(30)36(57)27(12-9-19-44-38(41)42)45-32(53)26(49-50-43)11-7-6-8-18-40/h14-17,23,26-31,52H,6-13,18-22,40H2,1-5H3,(H,45,53)(H,46,55)(H,47,56)(H,48,54)(H,58,59)(H4,41,42,44)/t26-,27+,28+,29+,30+,31-/m1/s1. The minimum Gasteiger partial charge on any atom is -0.508 e. The lowest BCUT2D eigenvalue weighted by Gasteiger charge is -2.33. The zero-order valence-corrected chi connectivity index (χ0v) is 34.9. The summed E-state index contributed by atoms with van der Waals surface area (Å²) in [5.74, 6) is -4.77. The highest BCUT2D eigenvalue weighted by molar-refractivity contribution is 5.97. The van der Waals surface area contributed by atoms with Crippen LogP contribution in [0.1, 0.15) is 98.0 Å². The third kappa shape index (κ3) is 17.0. The van der Waals surface area contributed by atoms with Crippen molar-refractivity contribution >= 4 is 41.5 Å². The maximum absolute atomic E-state index is 14.2. The van der Waals surface area contributed by atoms with Crippen LogP contribution in [0.15, 0.2) is 34.4 Å². The Morgan fingerprint density at radius 2 is 1.56 bits per heavy atom. The number of hydrogen-bond acceptors (Lipinski definition) is 10. The molecule has 1 aromatic rings. The molecule has 0 aromatic heterocycles. The number of azide groups is 1. The van der Waals surface area contributed by atoms with Crippen molar-refractivity contribution in [3.05, 3.63) is 40.3 Å². The molecule has 1 saturated heterocycles. The molecular formula is C39H64N12O8. The van der Waals surface area contributed by atoms with E-state index in [1.165, 1.54) is 17.0 Å². The number of rotatable bonds is 24. The summed E-state index contributed by atoms with van der Waals surface area (Å²) in [6.07, 6.45) is 3.37. The van der Waals surface area contributed by atoms with E-state index in [0.29, 0.717) is 31.4 Å². The maximum atomic E-state index is 14.2. The Morgan fingerprint density at radius 1 is 0.898 bits per heavy atom. The molecule has 0 saturated carbocycles. The number of carbonyl (C=O) groups is 6. The number of unbranched alkanes of at least 4 members (excludes halogenated alkanes) is 2. The predicted molar refractivity (Wildman–Crippen MR) is 221 cm³/mol. The van der Waals surface area contributed by atoms with Crippen molar-refractivity contribution in [2.45, 2.75) is 135 Å². The topological polar surface area (TPSA) is 333 Å². The largest absolute Gasteiger partial charge is 0.508 e. The van der Waals surface area contributed by atoms with Crippen LogP contribution in [0.5, 0.6) is 5.75 Å². The summed E-state index contributed by atoms with van der Waals surface area (Å²) < 4.78 is 0. The lowest BCUT2D eigenvalue weighted by molar-refractivity contribution is -0.143. The van der Waals surface area contributed by atoms with Gasteiger partial charge in [0.15, 0.2) is 5.96 Å². The molecule has 328 valence electrons. The lowest BCUT2D eigenvalue weighted by Crippen LogP contribution is -2.61. The van der Waals surface area contributed by atoms with Gasteiger partial charge >= 0.3 is 5.97 Å². The SMILES string of the molecule is CC(C)C[C@H](NC(=O)[C@@H](NC(=O)[C@H](Cc1ccc(O)cc1)NC(=O)[C@@H]1CCCN1C(=O)[C@H](CCCN=C(N)N)NC(=O)[C@@H](CCCCCN)N=[N+]=[N-])C(C)(C)C)C(=O)O. The molecule has 1 aromatic carbocycles. The van der Waals surface area contributed by atoms with Crippen molar-refractivity contribution in [2.75, 3.05) is 19.6 Å². The average Bonchev–Trinajstić information content (AvgIpc) is 3.65. The number of amides is 5. The Balaban J connectivity index is 2.41. The van der Waals surface area contributed by atoms with Gasteiger partial charge in [0, 0.05) is 24.4 Å². The second-order valence-electron chi connectivity index (χ2n) is 16.3. The molecule has 1 aliphatic heterocycles. The first-order valence-electron chi connectivity index (χ1n) is 20.1. The van der Waals surface area contributed by atoms with Crippen molar-refractivity contribution in [1.29, 1.82) is 0 Å². The van der Waals surface area contributed by atoms with Crippen LogP contribution >= 0.6 is 0 Å². The van der Waals surface area contributed by atoms with Crippen LogP contribution in [-0.4, -0.2) is 112 Å². The number of nitrogens with zero attached hydrogens (tertiary/aromatic N) is 5. The fourth-order valence-corrected chi connectivity index (χ4v) is 6.71. The molecule has 5 amide bonds. The Morgan fingerprint density at radius 3 is 2.14 bits per heavy atom. The summed E-state index contributed by atoms with van der Waals surface area (Å²) in [5.41, 5.74) is 25.3. The first-order chi connectivity index (χ1) is 27.8. The number of aliphatic carboxylic acids is 1. The zero-order chi connectivity index (χ0) is 44.3. The van der Waals surface area contributed by atoms with Gasteiger partial charge in [0.25, 0.3) is 0 Å². The first-order valence-corrected chi connectivity index (χ1v) is 20.1. The van der Waals surface area contributed by atoms with E-state index in [1.54, 1.807) is 32.9 Å². The molecule has 2 rings (SSSR count). The molecule has 0 unspecified atom stereocenters. The zero-order valence-electron chi connectivity index (χ0n) is 34.9. The number of aromatic hydroxyl groups is 1. The molecular weight excluding hydrogens is 765 g/mol. The molecule has 20 nitrogen and oxygen atoms in total. The van der Waals surface area contributed by atoms with Crippen molar-refractivity contribution in [3.63, 3.8) is 0 Å². The minimum absolute atomic E-state index is 0.0185. The van der Waals surface area contributed by atoms with E-state index in [9.17, 15) is 39.0 Å². The molecule has 0 bridgehead atoms. The summed E-state index contributed by atoms with van der Waals surface area (Å²) in [5, 5.41) is 34.1. The highest BCUT2D eigenvalue weighted by Gasteiger charge is 2.41. The maximum Gasteiger partial charge on any atom is 0.326 e. The second kappa shape index (κ2) is 24.3. The van der Waals surface area contributed by atoms with Crippen LogP contribution in [0.25, 0.3) is 10.4 Å². The van der Waals surface area contributed by atoms with Gasteiger partial charge in [-0.1, -0.05) is 64.7 Å². The number of likely N-dealkylation sites (tertiary alicyclic amines) is 1. The average molecular weight is 829 g/mol. The third-order valence-electron chi connectivity index (χ3n) is 9.82. The van der Waals surface area contributed by atoms with Gasteiger partial charge in [-0.05, 0) is 86.1 Å². The number of benzene rings is 1. The molecule has 6 atom stereocenters. The van der Waals surface area contributed by atoms with Crippen molar-refractivity contribution in [2.24, 2.45) is 38.6 Å². The number of phenols is 1. The lowest BCUT2D eigenvalue weighted by atomic mass is 9.85. The molecule has 0 aliphatic carbocycles. The minimum atomic E-state index is -1.29. The normalized spacial score (nSPS) is 16.4. The number of hydrogen-bond donors (Lipinski definition) is 9. The van der Waals surface area contributed by atoms with E-state index < -0.39 is 77.2 Å². The molecule has 0 spiro atoms. The first kappa shape index (κ1) is 49.5. The molecule has 1 aliphatic rings. The summed E-state index contributed by atoms with van der Waals surface area (Å²) in [6.45, 7) is 9.54. The number of nitrogens with one attached hydrogen (secondary N) is 4. The van der Waals surface area contributed by atoms with E-state index in [4.69, 9.17) is 22.7 Å². The van der Waals surface area contributed by atoms with Crippen molar-refractivity contribution in [1.82, 2.24) is 26.2 Å². The van der Waals surface area contributed by atoms with Crippen molar-refractivity contribution in [3.8, 4) is 5.75 Å². The number of carboxylic acid groups (broad SMARTS) is 1. The molecule has 0 radical (unpaired) electrons. The van der Waals surface area contributed by atoms with Crippen molar-refractivity contribution < 1.29 is 39.0 Å². The fraction of sp³-hybridized carbons (Fsp3) is 0.667. The monoisotopic (exact) mass is 828 g/mol. The van der Waals surface area contributed by atoms with Gasteiger partial charge in [-0.3, -0.25) is 29.0 Å². The fourth-order valence-electron chi connectivity index (χ4n) is 6.71. The molecule has 20 heteroatoms. The van der Waals surface area contributed by atoms with Crippen LogP contribution in [0.2, 0.25) is 0 Å². The number of aliphatic imine (C=N–C) groups is 1. The summed E-state index contributed by atoms with van der Waals surface area (Å²) >= 11 is 0. The predicted octanol–water partition coefficient (Wildman–Crippen LogP) is 1.29. The van der Waals surface area contributed by atoms with Crippen LogP contribution in [-0.2, 0) is 35.2 Å². The molecule has 59 heavy (non-hydrogen) atoms. The van der Waals surface area contributed by atoms with Gasteiger partial charge in [0.05, 0.1) is 0 Å². The third-order valence-corrected chi connectivity index (χ3v) is 9.82. The molecule has 1 fully saturated rings. The summed E-state index contributed by atoms with van der Waals surface area (Å²) in [7, 11) is 0. The van der Waals surface area contributed by atoms with Crippen LogP contribution in [0.4, 0.5) is 0 Å².